The van der Waals surface area contributed by atoms with Gasteiger partial charge in [0.2, 0.25) is 0 Å². The molecule has 0 spiro atoms. The number of para-hydroxylation sites is 1. The van der Waals surface area contributed by atoms with Gasteiger partial charge in [0.15, 0.2) is 11.5 Å². The Morgan fingerprint density at radius 2 is 1.59 bits per heavy atom. The van der Waals surface area contributed by atoms with Crippen LogP contribution >= 0.6 is 23.2 Å². The zero-order valence-electron chi connectivity index (χ0n) is 11.6. The summed E-state index contributed by atoms with van der Waals surface area (Å²) in [4.78, 5) is 0. The summed E-state index contributed by atoms with van der Waals surface area (Å²) in [6, 6.07) is 5.66. The average molecular weight is 348 g/mol. The Bertz CT molecular complexity index is 669. The Labute approximate surface area is 136 Å². The van der Waals surface area contributed by atoms with Gasteiger partial charge in [-0.15, -0.1) is 0 Å². The normalized spacial score (nSPS) is 12.5. The number of ether oxygens (including phenoxy) is 2. The number of benzene rings is 2. The maximum Gasteiger partial charge on any atom is 0.169 e. The lowest BCUT2D eigenvalue weighted by Crippen LogP contribution is -2.16. The number of hydrogen-bond acceptors (Lipinski definition) is 3. The molecule has 0 unspecified atom stereocenters. The predicted molar refractivity (Wildman–Crippen MR) is 82.9 cm³/mol. The van der Waals surface area contributed by atoms with Crippen molar-refractivity contribution in [3.05, 3.63) is 45.9 Å². The van der Waals surface area contributed by atoms with Gasteiger partial charge in [0.25, 0.3) is 0 Å². The zero-order valence-corrected chi connectivity index (χ0v) is 13.1. The molecule has 0 aromatic heterocycles. The first-order chi connectivity index (χ1) is 10.6. The number of nitrogens with two attached hydrogens (primary N) is 1. The molecule has 2 aromatic rings. The largest absolute Gasteiger partial charge is 0.486 e. The van der Waals surface area contributed by atoms with E-state index in [2.05, 4.69) is 5.73 Å². The van der Waals surface area contributed by atoms with Gasteiger partial charge < -0.3 is 15.2 Å². The molecule has 1 aliphatic heterocycles. The number of fused-ring (bicyclic) bond motifs is 1. The fraction of sp³-hybridized carbons (Fsp3) is 0.200. The van der Waals surface area contributed by atoms with Crippen LogP contribution in [0, 0.1) is 11.6 Å². The van der Waals surface area contributed by atoms with E-state index in [0.29, 0.717) is 36.3 Å². The fourth-order valence-electron chi connectivity index (χ4n) is 2.08. The van der Waals surface area contributed by atoms with E-state index in [4.69, 9.17) is 32.7 Å². The van der Waals surface area contributed by atoms with Crippen LogP contribution < -0.4 is 15.2 Å². The monoisotopic (exact) mass is 347 g/mol. The summed E-state index contributed by atoms with van der Waals surface area (Å²) in [5, 5.41) is -0.502. The van der Waals surface area contributed by atoms with E-state index in [0.717, 1.165) is 0 Å². The highest BCUT2D eigenvalue weighted by Gasteiger charge is 2.23. The van der Waals surface area contributed by atoms with Gasteiger partial charge in [0.1, 0.15) is 24.8 Å². The summed E-state index contributed by atoms with van der Waals surface area (Å²) < 4.78 is 38.2. The SMILES string of the molecule is CN.Fc1cc(F)c(Cl)c(-c2cccc3c2OCCO3)c1Cl. The Morgan fingerprint density at radius 1 is 1.00 bits per heavy atom. The van der Waals surface area contributed by atoms with Gasteiger partial charge in [-0.2, -0.15) is 0 Å². The van der Waals surface area contributed by atoms with Crippen molar-refractivity contribution in [2.75, 3.05) is 20.3 Å². The minimum atomic E-state index is -0.877. The maximum absolute atomic E-state index is 13.6. The molecular weight excluding hydrogens is 335 g/mol. The second-order valence-corrected chi connectivity index (χ2v) is 4.93. The van der Waals surface area contributed by atoms with Crippen molar-refractivity contribution in [2.45, 2.75) is 0 Å². The Hall–Kier alpha value is -1.56. The van der Waals surface area contributed by atoms with Gasteiger partial charge in [-0.25, -0.2) is 8.78 Å². The van der Waals surface area contributed by atoms with Crippen LogP contribution in [0.15, 0.2) is 24.3 Å². The van der Waals surface area contributed by atoms with Crippen molar-refractivity contribution in [3.63, 3.8) is 0 Å². The quantitative estimate of drug-likeness (QED) is 0.782. The first-order valence-corrected chi connectivity index (χ1v) is 7.15. The summed E-state index contributed by atoms with van der Waals surface area (Å²) in [7, 11) is 1.50. The maximum atomic E-state index is 13.6. The summed E-state index contributed by atoms with van der Waals surface area (Å²) in [5.74, 6) is -0.881. The summed E-state index contributed by atoms with van der Waals surface area (Å²) >= 11 is 11.9. The van der Waals surface area contributed by atoms with Gasteiger partial charge in [-0.05, 0) is 13.1 Å². The first-order valence-electron chi connectivity index (χ1n) is 6.39. The minimum Gasteiger partial charge on any atom is -0.486 e. The third-order valence-corrected chi connectivity index (χ3v) is 3.69. The third kappa shape index (κ3) is 2.97. The van der Waals surface area contributed by atoms with E-state index in [1.165, 1.54) is 7.05 Å². The molecule has 0 aliphatic carbocycles. The Kier molecular flexibility index (Phi) is 5.45. The molecule has 0 amide bonds. The Morgan fingerprint density at radius 3 is 2.23 bits per heavy atom. The fourth-order valence-corrected chi connectivity index (χ4v) is 2.63. The highest BCUT2D eigenvalue weighted by Crippen LogP contribution is 2.46. The van der Waals surface area contributed by atoms with Crippen LogP contribution in [0.1, 0.15) is 0 Å². The minimum absolute atomic E-state index is 0.0631. The van der Waals surface area contributed by atoms with Crippen LogP contribution in [-0.4, -0.2) is 20.3 Å². The van der Waals surface area contributed by atoms with E-state index in [9.17, 15) is 8.78 Å². The van der Waals surface area contributed by atoms with Gasteiger partial charge in [0.05, 0.1) is 10.0 Å². The standard InChI is InChI=1S/C14H8Cl2F2O2.CH5N/c15-12-8(17)6-9(18)13(16)11(12)7-2-1-3-10-14(7)20-5-4-19-10;1-2/h1-3,6H,4-5H2;2H2,1H3. The predicted octanol–water partition coefficient (Wildman–Crippen LogP) is 4.28. The highest BCUT2D eigenvalue weighted by atomic mass is 35.5. The van der Waals surface area contributed by atoms with E-state index in [-0.39, 0.29) is 15.6 Å². The van der Waals surface area contributed by atoms with Gasteiger partial charge in [-0.3, -0.25) is 0 Å². The summed E-state index contributed by atoms with van der Waals surface area (Å²) in [6.45, 7) is 0.756. The van der Waals surface area contributed by atoms with Crippen molar-refractivity contribution in [1.82, 2.24) is 0 Å². The number of halogens is 4. The van der Waals surface area contributed by atoms with Crippen molar-refractivity contribution < 1.29 is 18.3 Å². The molecule has 118 valence electrons. The molecule has 3 rings (SSSR count). The van der Waals surface area contributed by atoms with E-state index >= 15 is 0 Å². The van der Waals surface area contributed by atoms with Gasteiger partial charge in [0, 0.05) is 17.2 Å². The summed E-state index contributed by atoms with van der Waals surface area (Å²) in [6.07, 6.45) is 0. The molecule has 1 heterocycles. The van der Waals surface area contributed by atoms with Crippen molar-refractivity contribution in [3.8, 4) is 22.6 Å². The van der Waals surface area contributed by atoms with E-state index in [1.807, 2.05) is 0 Å². The number of rotatable bonds is 1. The van der Waals surface area contributed by atoms with Gasteiger partial charge in [-0.1, -0.05) is 35.3 Å². The van der Waals surface area contributed by atoms with Crippen LogP contribution in [-0.2, 0) is 0 Å². The van der Waals surface area contributed by atoms with Gasteiger partial charge >= 0.3 is 0 Å². The van der Waals surface area contributed by atoms with Crippen molar-refractivity contribution in [2.24, 2.45) is 5.73 Å². The molecule has 22 heavy (non-hydrogen) atoms. The van der Waals surface area contributed by atoms with E-state index in [1.54, 1.807) is 18.2 Å². The molecule has 0 fully saturated rings. The smallest absolute Gasteiger partial charge is 0.169 e. The van der Waals surface area contributed by atoms with Crippen LogP contribution in [0.3, 0.4) is 0 Å². The molecule has 0 bridgehead atoms. The van der Waals surface area contributed by atoms with Crippen LogP contribution in [0.4, 0.5) is 8.78 Å². The lowest BCUT2D eigenvalue weighted by Gasteiger charge is -2.22. The topological polar surface area (TPSA) is 44.5 Å². The molecule has 2 aromatic carbocycles. The number of hydrogen-bond donors (Lipinski definition) is 1. The third-order valence-electron chi connectivity index (χ3n) is 2.95. The summed E-state index contributed by atoms with van der Waals surface area (Å²) in [5.41, 5.74) is 4.96. The molecule has 7 heteroatoms. The zero-order chi connectivity index (χ0) is 16.3. The van der Waals surface area contributed by atoms with E-state index < -0.39 is 11.6 Å². The first kappa shape index (κ1) is 16.8. The molecular formula is C15H13Cl2F2NO2. The molecule has 0 saturated carbocycles. The van der Waals surface area contributed by atoms with Crippen molar-refractivity contribution >= 4 is 23.2 Å². The van der Waals surface area contributed by atoms with Crippen molar-refractivity contribution in [1.29, 1.82) is 0 Å². The molecule has 2 N–H and O–H groups in total. The second-order valence-electron chi connectivity index (χ2n) is 4.17. The molecule has 0 radical (unpaired) electrons. The second kappa shape index (κ2) is 7.13. The lowest BCUT2D eigenvalue weighted by atomic mass is 10.0. The highest BCUT2D eigenvalue weighted by molar-refractivity contribution is 6.39. The van der Waals surface area contributed by atoms with Crippen LogP contribution in [0.2, 0.25) is 10.0 Å². The average Bonchev–Trinajstić information content (AvgIpc) is 2.55. The molecule has 0 saturated heterocycles. The lowest BCUT2D eigenvalue weighted by molar-refractivity contribution is 0.172. The molecule has 0 atom stereocenters. The molecule has 1 aliphatic rings. The molecule has 3 nitrogen and oxygen atoms in total. The Balaban J connectivity index is 0.000000847. The van der Waals surface area contributed by atoms with Crippen LogP contribution in [0.5, 0.6) is 11.5 Å². The van der Waals surface area contributed by atoms with Crippen LogP contribution in [0.25, 0.3) is 11.1 Å².